The second-order valence-electron chi connectivity index (χ2n) is 5.39. The van der Waals surface area contributed by atoms with Crippen LogP contribution in [0.2, 0.25) is 0 Å². The van der Waals surface area contributed by atoms with Crippen molar-refractivity contribution >= 4 is 10.8 Å². The van der Waals surface area contributed by atoms with Gasteiger partial charge >= 0.3 is 0 Å². The Bertz CT molecular complexity index is 450. The van der Waals surface area contributed by atoms with Crippen molar-refractivity contribution in [2.45, 2.75) is 55.2 Å². The second-order valence-corrected chi connectivity index (χ2v) is 7.09. The Morgan fingerprint density at radius 2 is 2.15 bits per heavy atom. The summed E-state index contributed by atoms with van der Waals surface area (Å²) in [6.07, 6.45) is 5.57. The molecule has 1 aromatic carbocycles. The number of methoxy groups -OCH3 is 1. The van der Waals surface area contributed by atoms with E-state index in [1.807, 2.05) is 24.3 Å². The molecule has 1 aliphatic carbocycles. The molecule has 0 saturated heterocycles. The van der Waals surface area contributed by atoms with Gasteiger partial charge < -0.3 is 10.1 Å². The summed E-state index contributed by atoms with van der Waals surface area (Å²) in [4.78, 5) is 0.844. The van der Waals surface area contributed by atoms with Crippen LogP contribution in [0.25, 0.3) is 0 Å². The average Bonchev–Trinajstić information content (AvgIpc) is 2.52. The molecule has 3 unspecified atom stereocenters. The minimum absolute atomic E-state index is 0.245. The Morgan fingerprint density at radius 1 is 1.35 bits per heavy atom. The third-order valence-electron chi connectivity index (χ3n) is 3.90. The van der Waals surface area contributed by atoms with E-state index in [0.717, 1.165) is 42.9 Å². The SMILES string of the molecule is CCCNC1CCCC(S(=O)c2ccccc2OC)C1. The van der Waals surface area contributed by atoms with Crippen molar-refractivity contribution in [1.29, 1.82) is 0 Å². The predicted molar refractivity (Wildman–Crippen MR) is 83.7 cm³/mol. The van der Waals surface area contributed by atoms with Gasteiger partial charge in [-0.15, -0.1) is 0 Å². The fraction of sp³-hybridized carbons (Fsp3) is 0.625. The summed E-state index contributed by atoms with van der Waals surface area (Å²) in [5.74, 6) is 0.745. The van der Waals surface area contributed by atoms with E-state index >= 15 is 0 Å². The van der Waals surface area contributed by atoms with E-state index in [1.165, 1.54) is 6.42 Å². The van der Waals surface area contributed by atoms with Gasteiger partial charge in [0.1, 0.15) is 5.75 Å². The van der Waals surface area contributed by atoms with E-state index in [9.17, 15) is 4.21 Å². The molecule has 1 N–H and O–H groups in total. The summed E-state index contributed by atoms with van der Waals surface area (Å²) in [6.45, 7) is 3.24. The lowest BCUT2D eigenvalue weighted by molar-refractivity contribution is 0.376. The summed E-state index contributed by atoms with van der Waals surface area (Å²) in [7, 11) is 0.669. The molecule has 1 aromatic rings. The van der Waals surface area contributed by atoms with Crippen molar-refractivity contribution in [2.24, 2.45) is 0 Å². The van der Waals surface area contributed by atoms with Gasteiger partial charge in [-0.3, -0.25) is 4.21 Å². The first-order valence-electron chi connectivity index (χ1n) is 7.53. The van der Waals surface area contributed by atoms with Crippen LogP contribution in [-0.2, 0) is 10.8 Å². The number of nitrogens with one attached hydrogen (secondary N) is 1. The van der Waals surface area contributed by atoms with E-state index in [1.54, 1.807) is 7.11 Å². The molecule has 0 aliphatic heterocycles. The summed E-state index contributed by atoms with van der Waals surface area (Å²) < 4.78 is 18.1. The van der Waals surface area contributed by atoms with E-state index in [0.29, 0.717) is 6.04 Å². The molecule has 1 fully saturated rings. The van der Waals surface area contributed by atoms with Gasteiger partial charge in [-0.25, -0.2) is 0 Å². The van der Waals surface area contributed by atoms with Gasteiger partial charge in [0.25, 0.3) is 0 Å². The van der Waals surface area contributed by atoms with Crippen molar-refractivity contribution in [3.63, 3.8) is 0 Å². The molecular weight excluding hydrogens is 270 g/mol. The van der Waals surface area contributed by atoms with Crippen LogP contribution >= 0.6 is 0 Å². The molecule has 3 atom stereocenters. The Hall–Kier alpha value is -0.870. The fourth-order valence-electron chi connectivity index (χ4n) is 2.84. The van der Waals surface area contributed by atoms with Gasteiger partial charge in [-0.1, -0.05) is 25.5 Å². The minimum atomic E-state index is -0.973. The van der Waals surface area contributed by atoms with Gasteiger partial charge in [-0.2, -0.15) is 0 Å². The number of benzene rings is 1. The van der Waals surface area contributed by atoms with Gasteiger partial charge in [0, 0.05) is 11.3 Å². The standard InChI is InChI=1S/C16H25NO2S/c1-3-11-17-13-7-6-8-14(12-13)20(18)16-10-5-4-9-15(16)19-2/h4-5,9-10,13-14,17H,3,6-8,11-12H2,1-2H3. The largest absolute Gasteiger partial charge is 0.495 e. The lowest BCUT2D eigenvalue weighted by Gasteiger charge is -2.29. The molecule has 2 rings (SSSR count). The zero-order valence-corrected chi connectivity index (χ0v) is 13.2. The number of para-hydroxylation sites is 1. The molecule has 0 spiro atoms. The van der Waals surface area contributed by atoms with Crippen LogP contribution in [0.4, 0.5) is 0 Å². The van der Waals surface area contributed by atoms with Crippen molar-refractivity contribution < 1.29 is 8.95 Å². The maximum atomic E-state index is 12.8. The number of rotatable bonds is 6. The van der Waals surface area contributed by atoms with Crippen LogP contribution < -0.4 is 10.1 Å². The minimum Gasteiger partial charge on any atom is -0.495 e. The van der Waals surface area contributed by atoms with Crippen LogP contribution in [0.1, 0.15) is 39.0 Å². The van der Waals surface area contributed by atoms with Crippen molar-refractivity contribution in [3.05, 3.63) is 24.3 Å². The molecule has 0 heterocycles. The Morgan fingerprint density at radius 3 is 2.90 bits per heavy atom. The van der Waals surface area contributed by atoms with Crippen LogP contribution in [0.5, 0.6) is 5.75 Å². The predicted octanol–water partition coefficient (Wildman–Crippen LogP) is 3.11. The molecule has 0 amide bonds. The van der Waals surface area contributed by atoms with Crippen molar-refractivity contribution in [2.75, 3.05) is 13.7 Å². The highest BCUT2D eigenvalue weighted by atomic mass is 32.2. The molecule has 1 saturated carbocycles. The molecule has 0 radical (unpaired) electrons. The average molecular weight is 295 g/mol. The first-order chi connectivity index (χ1) is 9.76. The third-order valence-corrected chi connectivity index (χ3v) is 5.70. The van der Waals surface area contributed by atoms with Crippen LogP contribution in [0.3, 0.4) is 0 Å². The van der Waals surface area contributed by atoms with Crippen LogP contribution in [0.15, 0.2) is 29.2 Å². The highest BCUT2D eigenvalue weighted by molar-refractivity contribution is 7.85. The van der Waals surface area contributed by atoms with E-state index in [4.69, 9.17) is 4.74 Å². The van der Waals surface area contributed by atoms with E-state index in [-0.39, 0.29) is 5.25 Å². The topological polar surface area (TPSA) is 38.3 Å². The molecule has 0 aromatic heterocycles. The molecule has 0 bridgehead atoms. The summed E-state index contributed by atoms with van der Waals surface area (Å²) in [5, 5.41) is 3.82. The lowest BCUT2D eigenvalue weighted by atomic mass is 9.95. The molecular formula is C16H25NO2S. The van der Waals surface area contributed by atoms with Gasteiger partial charge in [-0.05, 0) is 44.4 Å². The first-order valence-corrected chi connectivity index (χ1v) is 8.74. The van der Waals surface area contributed by atoms with E-state index < -0.39 is 10.8 Å². The van der Waals surface area contributed by atoms with Gasteiger partial charge in [0.15, 0.2) is 0 Å². The first kappa shape index (κ1) is 15.5. The maximum Gasteiger partial charge on any atom is 0.134 e. The lowest BCUT2D eigenvalue weighted by Crippen LogP contribution is -2.37. The van der Waals surface area contributed by atoms with Crippen LogP contribution in [-0.4, -0.2) is 29.2 Å². The zero-order valence-electron chi connectivity index (χ0n) is 12.4. The smallest absolute Gasteiger partial charge is 0.134 e. The Kier molecular flexibility index (Phi) is 6.05. The number of hydrogen-bond donors (Lipinski definition) is 1. The maximum absolute atomic E-state index is 12.8. The summed E-state index contributed by atoms with van der Waals surface area (Å²) >= 11 is 0. The van der Waals surface area contributed by atoms with Gasteiger partial charge in [0.05, 0.1) is 22.8 Å². The molecule has 20 heavy (non-hydrogen) atoms. The fourth-order valence-corrected chi connectivity index (χ4v) is 4.55. The quantitative estimate of drug-likeness (QED) is 0.876. The Labute approximate surface area is 124 Å². The molecule has 1 aliphatic rings. The van der Waals surface area contributed by atoms with E-state index in [2.05, 4.69) is 12.2 Å². The van der Waals surface area contributed by atoms with Crippen LogP contribution in [0, 0.1) is 0 Å². The monoisotopic (exact) mass is 295 g/mol. The molecule has 112 valence electrons. The number of hydrogen-bond acceptors (Lipinski definition) is 3. The number of ether oxygens (including phenoxy) is 1. The highest BCUT2D eigenvalue weighted by Crippen LogP contribution is 2.30. The normalized spacial score (nSPS) is 24.3. The van der Waals surface area contributed by atoms with Crippen molar-refractivity contribution in [1.82, 2.24) is 5.32 Å². The third kappa shape index (κ3) is 3.83. The highest BCUT2D eigenvalue weighted by Gasteiger charge is 2.28. The Balaban J connectivity index is 2.04. The summed E-state index contributed by atoms with van der Waals surface area (Å²) in [5.41, 5.74) is 0. The summed E-state index contributed by atoms with van der Waals surface area (Å²) in [6, 6.07) is 8.20. The zero-order chi connectivity index (χ0) is 14.4. The van der Waals surface area contributed by atoms with Crippen molar-refractivity contribution in [3.8, 4) is 5.75 Å². The molecule has 3 nitrogen and oxygen atoms in total. The van der Waals surface area contributed by atoms with Gasteiger partial charge in [0.2, 0.25) is 0 Å². The second kappa shape index (κ2) is 7.79. The molecule has 4 heteroatoms.